The van der Waals surface area contributed by atoms with Crippen molar-refractivity contribution >= 4 is 0 Å². The van der Waals surface area contributed by atoms with Gasteiger partial charge in [-0.3, -0.25) is 0 Å². The van der Waals surface area contributed by atoms with E-state index >= 15 is 0 Å². The Bertz CT molecular complexity index is 428. The highest BCUT2D eigenvalue weighted by molar-refractivity contribution is 5.22. The van der Waals surface area contributed by atoms with E-state index in [9.17, 15) is 5.11 Å². The van der Waals surface area contributed by atoms with Gasteiger partial charge in [-0.15, -0.1) is 0 Å². The Kier molecular flexibility index (Phi) is 3.13. The van der Waals surface area contributed by atoms with Gasteiger partial charge in [0.2, 0.25) is 0 Å². The summed E-state index contributed by atoms with van der Waals surface area (Å²) < 4.78 is 5.55. The summed E-state index contributed by atoms with van der Waals surface area (Å²) >= 11 is 0. The molecule has 1 aromatic carbocycles. The van der Waals surface area contributed by atoms with Crippen molar-refractivity contribution < 1.29 is 9.84 Å². The average molecular weight is 244 g/mol. The molecule has 1 saturated carbocycles. The first-order valence-corrected chi connectivity index (χ1v) is 6.89. The van der Waals surface area contributed by atoms with Gasteiger partial charge in [0.05, 0.1) is 6.61 Å². The molecule has 2 nitrogen and oxygen atoms in total. The maximum atomic E-state index is 10.6. The van der Waals surface area contributed by atoms with Crippen LogP contribution in [-0.2, 0) is 4.74 Å². The lowest BCUT2D eigenvalue weighted by molar-refractivity contribution is -0.0137. The van der Waals surface area contributed by atoms with Gasteiger partial charge in [-0.05, 0) is 43.2 Å². The molecule has 1 N–H and O–H groups in total. The van der Waals surface area contributed by atoms with Gasteiger partial charge in [0, 0.05) is 6.42 Å². The fraction of sp³-hybridized carbons (Fsp3) is 0.500. The smallest absolute Gasteiger partial charge is 0.124 e. The minimum atomic E-state index is -0.693. The topological polar surface area (TPSA) is 29.5 Å². The van der Waals surface area contributed by atoms with Crippen molar-refractivity contribution in [3.05, 3.63) is 47.7 Å². The first-order valence-electron chi connectivity index (χ1n) is 6.89. The monoisotopic (exact) mass is 244 g/mol. The molecule has 0 radical (unpaired) electrons. The largest absolute Gasteiger partial charge is 0.495 e. The standard InChI is InChI=1S/C16H20O2/c17-16(15-7-4-12-18-15)10-8-14(9-11-16)13-5-2-1-3-6-13/h1-3,5-7,14,17H,4,8-12H2. The van der Waals surface area contributed by atoms with E-state index in [1.807, 2.05) is 0 Å². The number of hydrogen-bond donors (Lipinski definition) is 1. The van der Waals surface area contributed by atoms with E-state index in [-0.39, 0.29) is 0 Å². The maximum absolute atomic E-state index is 10.6. The second-order valence-electron chi connectivity index (χ2n) is 5.42. The highest BCUT2D eigenvalue weighted by Crippen LogP contribution is 2.42. The SMILES string of the molecule is OC1(C2=CCCO2)CCC(c2ccccc2)CC1. The van der Waals surface area contributed by atoms with Crippen LogP contribution in [0.15, 0.2) is 42.2 Å². The summed E-state index contributed by atoms with van der Waals surface area (Å²) in [5.41, 5.74) is 0.711. The van der Waals surface area contributed by atoms with Gasteiger partial charge in [-0.2, -0.15) is 0 Å². The fourth-order valence-corrected chi connectivity index (χ4v) is 3.14. The highest BCUT2D eigenvalue weighted by atomic mass is 16.5. The van der Waals surface area contributed by atoms with Crippen LogP contribution in [0.4, 0.5) is 0 Å². The van der Waals surface area contributed by atoms with Crippen LogP contribution in [-0.4, -0.2) is 17.3 Å². The van der Waals surface area contributed by atoms with Crippen molar-refractivity contribution in [2.24, 2.45) is 0 Å². The lowest BCUT2D eigenvalue weighted by Crippen LogP contribution is -2.35. The molecule has 1 aliphatic carbocycles. The molecule has 0 amide bonds. The maximum Gasteiger partial charge on any atom is 0.124 e. The van der Waals surface area contributed by atoms with Crippen LogP contribution in [0.5, 0.6) is 0 Å². The molecule has 18 heavy (non-hydrogen) atoms. The Labute approximate surface area is 108 Å². The number of hydrogen-bond acceptors (Lipinski definition) is 2. The molecule has 0 atom stereocenters. The van der Waals surface area contributed by atoms with Crippen LogP contribution in [0.25, 0.3) is 0 Å². The van der Waals surface area contributed by atoms with Crippen molar-refractivity contribution in [3.8, 4) is 0 Å². The molecule has 0 spiro atoms. The van der Waals surface area contributed by atoms with E-state index in [1.165, 1.54) is 5.56 Å². The van der Waals surface area contributed by atoms with Crippen LogP contribution >= 0.6 is 0 Å². The fourth-order valence-electron chi connectivity index (χ4n) is 3.14. The van der Waals surface area contributed by atoms with E-state index in [0.29, 0.717) is 5.92 Å². The van der Waals surface area contributed by atoms with Gasteiger partial charge in [0.1, 0.15) is 11.4 Å². The summed E-state index contributed by atoms with van der Waals surface area (Å²) in [7, 11) is 0. The number of benzene rings is 1. The molecule has 0 unspecified atom stereocenters. The van der Waals surface area contributed by atoms with E-state index < -0.39 is 5.60 Å². The van der Waals surface area contributed by atoms with Crippen molar-refractivity contribution in [2.45, 2.75) is 43.6 Å². The number of ether oxygens (including phenoxy) is 1. The van der Waals surface area contributed by atoms with Crippen molar-refractivity contribution in [1.82, 2.24) is 0 Å². The minimum Gasteiger partial charge on any atom is -0.495 e. The summed E-state index contributed by atoms with van der Waals surface area (Å²) in [5.74, 6) is 1.42. The summed E-state index contributed by atoms with van der Waals surface area (Å²) in [5, 5.41) is 10.6. The zero-order valence-electron chi connectivity index (χ0n) is 10.6. The Morgan fingerprint density at radius 2 is 1.83 bits per heavy atom. The predicted octanol–water partition coefficient (Wildman–Crippen LogP) is 3.38. The summed E-state index contributed by atoms with van der Waals surface area (Å²) in [6.07, 6.45) is 6.72. The lowest BCUT2D eigenvalue weighted by Gasteiger charge is -2.36. The van der Waals surface area contributed by atoms with Crippen LogP contribution in [0.3, 0.4) is 0 Å². The Hall–Kier alpha value is -1.28. The van der Waals surface area contributed by atoms with Gasteiger partial charge in [0.25, 0.3) is 0 Å². The number of aliphatic hydroxyl groups is 1. The molecule has 1 aliphatic heterocycles. The number of rotatable bonds is 2. The predicted molar refractivity (Wildman–Crippen MR) is 71.3 cm³/mol. The van der Waals surface area contributed by atoms with E-state index in [4.69, 9.17) is 4.74 Å². The quantitative estimate of drug-likeness (QED) is 0.864. The molecule has 1 fully saturated rings. The summed E-state index contributed by atoms with van der Waals surface area (Å²) in [6.45, 7) is 0.736. The molecule has 2 heteroatoms. The molecule has 1 aromatic rings. The molecular formula is C16H20O2. The van der Waals surface area contributed by atoms with Crippen LogP contribution in [0, 0.1) is 0 Å². The van der Waals surface area contributed by atoms with Crippen LogP contribution < -0.4 is 0 Å². The molecule has 3 rings (SSSR count). The third-order valence-corrected chi connectivity index (χ3v) is 4.25. The third kappa shape index (κ3) is 2.17. The minimum absolute atomic E-state index is 0.591. The second-order valence-corrected chi connectivity index (χ2v) is 5.42. The molecular weight excluding hydrogens is 224 g/mol. The molecule has 2 aliphatic rings. The second kappa shape index (κ2) is 4.77. The van der Waals surface area contributed by atoms with Gasteiger partial charge < -0.3 is 9.84 Å². The molecule has 96 valence electrons. The third-order valence-electron chi connectivity index (χ3n) is 4.25. The highest BCUT2D eigenvalue weighted by Gasteiger charge is 2.39. The zero-order valence-corrected chi connectivity index (χ0v) is 10.6. The normalized spacial score (nSPS) is 31.8. The van der Waals surface area contributed by atoms with Crippen LogP contribution in [0.1, 0.15) is 43.6 Å². The van der Waals surface area contributed by atoms with Crippen molar-refractivity contribution in [2.75, 3.05) is 6.61 Å². The van der Waals surface area contributed by atoms with Gasteiger partial charge in [0.15, 0.2) is 0 Å². The first-order chi connectivity index (χ1) is 8.78. The summed E-state index contributed by atoms with van der Waals surface area (Å²) in [6, 6.07) is 10.6. The van der Waals surface area contributed by atoms with Gasteiger partial charge in [-0.25, -0.2) is 0 Å². The Morgan fingerprint density at radius 1 is 1.11 bits per heavy atom. The van der Waals surface area contributed by atoms with Crippen LogP contribution in [0.2, 0.25) is 0 Å². The van der Waals surface area contributed by atoms with Gasteiger partial charge in [-0.1, -0.05) is 30.3 Å². The van der Waals surface area contributed by atoms with E-state index in [1.54, 1.807) is 0 Å². The Morgan fingerprint density at radius 3 is 2.44 bits per heavy atom. The van der Waals surface area contributed by atoms with Crippen molar-refractivity contribution in [3.63, 3.8) is 0 Å². The Balaban J connectivity index is 1.68. The summed E-state index contributed by atoms with van der Waals surface area (Å²) in [4.78, 5) is 0. The first kappa shape index (κ1) is 11.8. The van der Waals surface area contributed by atoms with Gasteiger partial charge >= 0.3 is 0 Å². The molecule has 1 heterocycles. The van der Waals surface area contributed by atoms with E-state index in [0.717, 1.165) is 44.5 Å². The molecule has 0 saturated heterocycles. The zero-order chi connectivity index (χ0) is 12.4. The average Bonchev–Trinajstić information content (AvgIpc) is 2.95. The molecule has 0 bridgehead atoms. The van der Waals surface area contributed by atoms with E-state index in [2.05, 4.69) is 36.4 Å². The molecule has 0 aromatic heterocycles. The van der Waals surface area contributed by atoms with Crippen molar-refractivity contribution in [1.29, 1.82) is 0 Å². The lowest BCUT2D eigenvalue weighted by atomic mass is 9.75.